The number of benzene rings is 1. The third-order valence-electron chi connectivity index (χ3n) is 4.15. The zero-order valence-electron chi connectivity index (χ0n) is 10.3. The highest BCUT2D eigenvalue weighted by Crippen LogP contribution is 2.34. The third kappa shape index (κ3) is 2.59. The van der Waals surface area contributed by atoms with Gasteiger partial charge in [-0.05, 0) is 48.1 Å². The van der Waals surface area contributed by atoms with E-state index in [1.807, 2.05) is 0 Å². The molecule has 0 aliphatic heterocycles. The Balaban J connectivity index is 2.16. The maximum atomic E-state index is 3.59. The summed E-state index contributed by atoms with van der Waals surface area (Å²) in [6.07, 6.45) is 4.12. The van der Waals surface area contributed by atoms with Gasteiger partial charge in [0.25, 0.3) is 0 Å². The Kier molecular flexibility index (Phi) is 4.26. The van der Waals surface area contributed by atoms with Gasteiger partial charge in [0.1, 0.15) is 0 Å². The summed E-state index contributed by atoms with van der Waals surface area (Å²) in [4.78, 5) is 0. The summed E-state index contributed by atoms with van der Waals surface area (Å²) in [5, 5.41) is 0. The van der Waals surface area contributed by atoms with E-state index in [4.69, 9.17) is 0 Å². The predicted octanol–water partition coefficient (Wildman–Crippen LogP) is 4.57. The Morgan fingerprint density at radius 3 is 2.69 bits per heavy atom. The van der Waals surface area contributed by atoms with Crippen LogP contribution in [0.5, 0.6) is 0 Å². The van der Waals surface area contributed by atoms with Crippen LogP contribution in [0.4, 0.5) is 0 Å². The summed E-state index contributed by atoms with van der Waals surface area (Å²) >= 11 is 3.59. The number of hydrogen-bond acceptors (Lipinski definition) is 0. The van der Waals surface area contributed by atoms with Crippen LogP contribution in [0.1, 0.15) is 31.4 Å². The van der Waals surface area contributed by atoms with Crippen LogP contribution in [0, 0.1) is 0 Å². The minimum atomic E-state index is -0.463. The van der Waals surface area contributed by atoms with Crippen molar-refractivity contribution in [3.05, 3.63) is 33.8 Å². The first-order valence-electron chi connectivity index (χ1n) is 6.51. The van der Waals surface area contributed by atoms with Crippen LogP contribution in [-0.4, -0.2) is 8.80 Å². The molecule has 0 spiro atoms. The van der Waals surface area contributed by atoms with Crippen molar-refractivity contribution in [3.63, 3.8) is 0 Å². The molecule has 0 aromatic heterocycles. The molecule has 0 saturated carbocycles. The van der Waals surface area contributed by atoms with E-state index < -0.39 is 8.80 Å². The second kappa shape index (κ2) is 5.50. The molecule has 88 valence electrons. The van der Waals surface area contributed by atoms with Gasteiger partial charge in [0.2, 0.25) is 0 Å². The lowest BCUT2D eigenvalue weighted by Gasteiger charge is -2.29. The van der Waals surface area contributed by atoms with Crippen molar-refractivity contribution in [2.75, 3.05) is 0 Å². The normalized spacial score (nSPS) is 19.9. The molecular formula is C14H21BrSi. The molecule has 0 radical (unpaired) electrons. The van der Waals surface area contributed by atoms with Crippen molar-refractivity contribution >= 4 is 24.7 Å². The summed E-state index contributed by atoms with van der Waals surface area (Å²) in [6.45, 7) is 4.80. The number of hydrogen-bond donors (Lipinski definition) is 0. The van der Waals surface area contributed by atoms with E-state index in [1.54, 1.807) is 11.1 Å². The first kappa shape index (κ1) is 12.4. The van der Waals surface area contributed by atoms with Crippen LogP contribution in [-0.2, 0) is 12.8 Å². The lowest BCUT2D eigenvalue weighted by molar-refractivity contribution is 0.665. The third-order valence-corrected chi connectivity index (χ3v) is 8.64. The molecule has 1 aliphatic carbocycles. The van der Waals surface area contributed by atoms with Crippen LogP contribution < -0.4 is 0 Å². The summed E-state index contributed by atoms with van der Waals surface area (Å²) in [6, 6.07) is 9.80. The van der Waals surface area contributed by atoms with Crippen molar-refractivity contribution in [1.29, 1.82) is 0 Å². The summed E-state index contributed by atoms with van der Waals surface area (Å²) in [5.41, 5.74) is 4.27. The average molecular weight is 297 g/mol. The number of rotatable bonds is 3. The molecule has 1 atom stereocenters. The Bertz CT molecular complexity index is 358. The van der Waals surface area contributed by atoms with Crippen molar-refractivity contribution in [1.82, 2.24) is 0 Å². The van der Waals surface area contributed by atoms with Crippen LogP contribution in [0.3, 0.4) is 0 Å². The first-order chi connectivity index (χ1) is 7.74. The minimum absolute atomic E-state index is 0.463. The second-order valence-electron chi connectivity index (χ2n) is 4.99. The lowest BCUT2D eigenvalue weighted by Crippen LogP contribution is -2.24. The maximum Gasteiger partial charge on any atom is 0.0397 e. The number of aryl methyl sites for hydroxylation is 1. The first-order valence-corrected chi connectivity index (χ1v) is 9.61. The molecule has 2 heteroatoms. The van der Waals surface area contributed by atoms with E-state index in [2.05, 4.69) is 48.0 Å². The molecule has 1 aromatic rings. The Labute approximate surface area is 109 Å². The molecule has 16 heavy (non-hydrogen) atoms. The molecule has 0 unspecified atom stereocenters. The standard InChI is InChI=1S/C14H21BrSi/c1-3-16(4-2)14-8-6-11-5-7-13(15)9-12(11)10-14/h5,7,9,14,16H,3-4,6,8,10H2,1-2H3/t14-/m0/s1. The molecule has 0 nitrogen and oxygen atoms in total. The van der Waals surface area contributed by atoms with Gasteiger partial charge in [-0.1, -0.05) is 47.9 Å². The van der Waals surface area contributed by atoms with Crippen molar-refractivity contribution in [3.8, 4) is 0 Å². The molecule has 0 fully saturated rings. The molecule has 0 N–H and O–H groups in total. The van der Waals surface area contributed by atoms with Gasteiger partial charge < -0.3 is 0 Å². The van der Waals surface area contributed by atoms with Gasteiger partial charge in [0, 0.05) is 13.3 Å². The SMILES string of the molecule is CC[SiH](CC)[C@H]1CCc2ccc(Br)cc2C1. The van der Waals surface area contributed by atoms with Crippen molar-refractivity contribution < 1.29 is 0 Å². The van der Waals surface area contributed by atoms with Gasteiger partial charge in [-0.3, -0.25) is 0 Å². The highest BCUT2D eigenvalue weighted by Gasteiger charge is 2.24. The average Bonchev–Trinajstić information content (AvgIpc) is 2.30. The zero-order valence-corrected chi connectivity index (χ0v) is 13.0. The fourth-order valence-corrected chi connectivity index (χ4v) is 6.66. The fourth-order valence-electron chi connectivity index (χ4n) is 3.11. The topological polar surface area (TPSA) is 0 Å². The van der Waals surface area contributed by atoms with Gasteiger partial charge in [0.05, 0.1) is 0 Å². The summed E-state index contributed by atoms with van der Waals surface area (Å²) < 4.78 is 1.25. The fraction of sp³-hybridized carbons (Fsp3) is 0.571. The van der Waals surface area contributed by atoms with E-state index in [-0.39, 0.29) is 0 Å². The van der Waals surface area contributed by atoms with E-state index in [0.717, 1.165) is 5.54 Å². The van der Waals surface area contributed by atoms with E-state index in [9.17, 15) is 0 Å². The zero-order chi connectivity index (χ0) is 11.5. The van der Waals surface area contributed by atoms with E-state index >= 15 is 0 Å². The quantitative estimate of drug-likeness (QED) is 0.717. The molecule has 1 aliphatic rings. The maximum absolute atomic E-state index is 3.59. The molecular weight excluding hydrogens is 276 g/mol. The van der Waals surface area contributed by atoms with Crippen molar-refractivity contribution in [2.24, 2.45) is 0 Å². The molecule has 0 heterocycles. The van der Waals surface area contributed by atoms with Crippen LogP contribution >= 0.6 is 15.9 Å². The Hall–Kier alpha value is -0.0831. The summed E-state index contributed by atoms with van der Waals surface area (Å²) in [7, 11) is -0.463. The number of halogens is 1. The van der Waals surface area contributed by atoms with Gasteiger partial charge in [-0.25, -0.2) is 0 Å². The molecule has 1 aromatic carbocycles. The van der Waals surface area contributed by atoms with Crippen LogP contribution in [0.25, 0.3) is 0 Å². The lowest BCUT2D eigenvalue weighted by atomic mass is 9.91. The summed E-state index contributed by atoms with van der Waals surface area (Å²) in [5.74, 6) is 0. The van der Waals surface area contributed by atoms with Gasteiger partial charge >= 0.3 is 0 Å². The number of fused-ring (bicyclic) bond motifs is 1. The molecule has 0 amide bonds. The highest BCUT2D eigenvalue weighted by molar-refractivity contribution is 9.10. The molecule has 0 saturated heterocycles. The van der Waals surface area contributed by atoms with Crippen LogP contribution in [0.2, 0.25) is 17.6 Å². The second-order valence-corrected chi connectivity index (χ2v) is 10.0. The largest absolute Gasteiger partial charge is 0.0680 e. The predicted molar refractivity (Wildman–Crippen MR) is 78.0 cm³/mol. The Morgan fingerprint density at radius 1 is 1.25 bits per heavy atom. The highest BCUT2D eigenvalue weighted by atomic mass is 79.9. The van der Waals surface area contributed by atoms with E-state index in [1.165, 1.54) is 35.8 Å². The van der Waals surface area contributed by atoms with E-state index in [0.29, 0.717) is 0 Å². The van der Waals surface area contributed by atoms with Crippen LogP contribution in [0.15, 0.2) is 22.7 Å². The molecule has 0 bridgehead atoms. The smallest absolute Gasteiger partial charge is 0.0397 e. The van der Waals surface area contributed by atoms with Gasteiger partial charge in [-0.2, -0.15) is 0 Å². The molecule has 2 rings (SSSR count). The van der Waals surface area contributed by atoms with Crippen molar-refractivity contribution in [2.45, 2.75) is 50.7 Å². The minimum Gasteiger partial charge on any atom is -0.0680 e. The monoisotopic (exact) mass is 296 g/mol. The van der Waals surface area contributed by atoms with Gasteiger partial charge in [0.15, 0.2) is 0 Å². The Morgan fingerprint density at radius 2 is 2.00 bits per heavy atom. The van der Waals surface area contributed by atoms with Gasteiger partial charge in [-0.15, -0.1) is 0 Å².